The van der Waals surface area contributed by atoms with Crippen LogP contribution in [0.15, 0.2) is 65.8 Å². The molecule has 4 aromatic rings. The fourth-order valence-electron chi connectivity index (χ4n) is 3.85. The van der Waals surface area contributed by atoms with E-state index in [4.69, 9.17) is 11.6 Å². The summed E-state index contributed by atoms with van der Waals surface area (Å²) in [6.45, 7) is 2.38. The number of anilines is 2. The molecule has 156 valence electrons. The van der Waals surface area contributed by atoms with Crippen molar-refractivity contribution in [2.75, 3.05) is 36.0 Å². The third-order valence-corrected chi connectivity index (χ3v) is 5.77. The standard InChI is InChI=1S/C22H18ClFN6O/c23-20-18(13-27-30(22(20)31)15-5-2-1-3-6-15)28-9-11-29(12-10-28)21-19-16(24)7-4-8-17(19)25-14-26-21/h1-8,13-14H,9-12H2. The molecule has 0 atom stereocenters. The molecule has 1 aliphatic heterocycles. The van der Waals surface area contributed by atoms with Crippen LogP contribution in [-0.2, 0) is 0 Å². The molecule has 1 fully saturated rings. The second kappa shape index (κ2) is 7.96. The predicted molar refractivity (Wildman–Crippen MR) is 119 cm³/mol. The van der Waals surface area contributed by atoms with E-state index in [1.54, 1.807) is 30.5 Å². The van der Waals surface area contributed by atoms with Crippen LogP contribution in [0.5, 0.6) is 0 Å². The van der Waals surface area contributed by atoms with Gasteiger partial charge in [-0.25, -0.2) is 14.4 Å². The maximum absolute atomic E-state index is 14.4. The Hall–Kier alpha value is -3.52. The first-order valence-corrected chi connectivity index (χ1v) is 10.2. The molecule has 9 heteroatoms. The SMILES string of the molecule is O=c1c(Cl)c(N2CCN(c3ncnc4cccc(F)c34)CC2)cnn1-c1ccccc1. The van der Waals surface area contributed by atoms with Gasteiger partial charge in [0.1, 0.15) is 23.0 Å². The zero-order valence-electron chi connectivity index (χ0n) is 16.4. The minimum atomic E-state index is -0.364. The lowest BCUT2D eigenvalue weighted by atomic mass is 10.2. The van der Waals surface area contributed by atoms with E-state index in [0.717, 1.165) is 0 Å². The van der Waals surface area contributed by atoms with Crippen LogP contribution in [0.2, 0.25) is 5.02 Å². The summed E-state index contributed by atoms with van der Waals surface area (Å²) >= 11 is 6.44. The van der Waals surface area contributed by atoms with Gasteiger partial charge < -0.3 is 9.80 Å². The smallest absolute Gasteiger partial charge is 0.292 e. The summed E-state index contributed by atoms with van der Waals surface area (Å²) in [7, 11) is 0. The van der Waals surface area contributed by atoms with Crippen LogP contribution in [-0.4, -0.2) is 45.9 Å². The second-order valence-electron chi connectivity index (χ2n) is 7.20. The molecule has 0 aliphatic carbocycles. The van der Waals surface area contributed by atoms with Crippen molar-refractivity contribution in [2.24, 2.45) is 0 Å². The van der Waals surface area contributed by atoms with Crippen LogP contribution in [0.1, 0.15) is 0 Å². The molecule has 3 heterocycles. The minimum Gasteiger partial charge on any atom is -0.365 e. The third kappa shape index (κ3) is 3.48. The number of aromatic nitrogens is 4. The van der Waals surface area contributed by atoms with Crippen LogP contribution in [0.25, 0.3) is 16.6 Å². The molecule has 0 bridgehead atoms. The highest BCUT2D eigenvalue weighted by Gasteiger charge is 2.24. The lowest BCUT2D eigenvalue weighted by molar-refractivity contribution is 0.629. The molecule has 0 unspecified atom stereocenters. The van der Waals surface area contributed by atoms with E-state index >= 15 is 0 Å². The molecule has 0 N–H and O–H groups in total. The zero-order chi connectivity index (χ0) is 21.4. The Morgan fingerprint density at radius 1 is 0.903 bits per heavy atom. The number of hydrogen-bond donors (Lipinski definition) is 0. The van der Waals surface area contributed by atoms with Gasteiger partial charge in [0.05, 0.1) is 28.5 Å². The maximum atomic E-state index is 14.4. The lowest BCUT2D eigenvalue weighted by Crippen LogP contribution is -2.47. The molecule has 2 aromatic heterocycles. The van der Waals surface area contributed by atoms with E-state index < -0.39 is 0 Å². The van der Waals surface area contributed by atoms with Gasteiger partial charge in [0.25, 0.3) is 5.56 Å². The van der Waals surface area contributed by atoms with Crippen LogP contribution in [0.3, 0.4) is 0 Å². The molecule has 5 rings (SSSR count). The van der Waals surface area contributed by atoms with Gasteiger partial charge in [-0.05, 0) is 24.3 Å². The first kappa shape index (κ1) is 19.4. The van der Waals surface area contributed by atoms with E-state index in [9.17, 15) is 9.18 Å². The molecule has 31 heavy (non-hydrogen) atoms. The molecule has 1 saturated heterocycles. The minimum absolute atomic E-state index is 0.130. The van der Waals surface area contributed by atoms with Crippen molar-refractivity contribution < 1.29 is 4.39 Å². The summed E-state index contributed by atoms with van der Waals surface area (Å²) in [4.78, 5) is 25.3. The van der Waals surface area contributed by atoms with Crippen molar-refractivity contribution in [1.82, 2.24) is 19.7 Å². The predicted octanol–water partition coefficient (Wildman–Crippen LogP) is 3.29. The van der Waals surface area contributed by atoms with Crippen molar-refractivity contribution >= 4 is 34.0 Å². The highest BCUT2D eigenvalue weighted by molar-refractivity contribution is 6.33. The van der Waals surface area contributed by atoms with E-state index in [1.807, 2.05) is 28.0 Å². The summed E-state index contributed by atoms with van der Waals surface area (Å²) in [5.41, 5.74) is 1.46. The highest BCUT2D eigenvalue weighted by Crippen LogP contribution is 2.28. The van der Waals surface area contributed by atoms with E-state index in [2.05, 4.69) is 15.1 Å². The Balaban J connectivity index is 1.39. The average Bonchev–Trinajstić information content (AvgIpc) is 2.81. The Kier molecular flexibility index (Phi) is 4.99. The molecule has 2 aromatic carbocycles. The summed E-state index contributed by atoms with van der Waals surface area (Å²) < 4.78 is 15.7. The third-order valence-electron chi connectivity index (χ3n) is 5.41. The van der Waals surface area contributed by atoms with Crippen LogP contribution >= 0.6 is 11.6 Å². The summed E-state index contributed by atoms with van der Waals surface area (Å²) in [5.74, 6) is 0.235. The van der Waals surface area contributed by atoms with Crippen LogP contribution in [0, 0.1) is 5.82 Å². The lowest BCUT2D eigenvalue weighted by Gasteiger charge is -2.37. The molecule has 0 spiro atoms. The van der Waals surface area contributed by atoms with Crippen molar-refractivity contribution in [3.63, 3.8) is 0 Å². The van der Waals surface area contributed by atoms with Gasteiger partial charge >= 0.3 is 0 Å². The van der Waals surface area contributed by atoms with E-state index in [-0.39, 0.29) is 16.4 Å². The van der Waals surface area contributed by atoms with Crippen molar-refractivity contribution in [3.05, 3.63) is 82.2 Å². The molecule has 0 radical (unpaired) electrons. The van der Waals surface area contributed by atoms with Gasteiger partial charge in [-0.3, -0.25) is 4.79 Å². The van der Waals surface area contributed by atoms with Crippen molar-refractivity contribution in [2.45, 2.75) is 0 Å². The Morgan fingerprint density at radius 2 is 1.65 bits per heavy atom. The fourth-order valence-corrected chi connectivity index (χ4v) is 4.10. The Labute approximate surface area is 182 Å². The topological polar surface area (TPSA) is 67.2 Å². The van der Waals surface area contributed by atoms with E-state index in [1.165, 1.54) is 17.1 Å². The van der Waals surface area contributed by atoms with Crippen LogP contribution < -0.4 is 15.4 Å². The largest absolute Gasteiger partial charge is 0.365 e. The summed E-state index contributed by atoms with van der Waals surface area (Å²) in [6.07, 6.45) is 3.07. The van der Waals surface area contributed by atoms with Gasteiger partial charge in [-0.1, -0.05) is 35.9 Å². The number of rotatable bonds is 3. The monoisotopic (exact) mass is 436 g/mol. The van der Waals surface area contributed by atoms with Gasteiger partial charge in [-0.15, -0.1) is 0 Å². The average molecular weight is 437 g/mol. The highest BCUT2D eigenvalue weighted by atomic mass is 35.5. The zero-order valence-corrected chi connectivity index (χ0v) is 17.2. The second-order valence-corrected chi connectivity index (χ2v) is 7.58. The summed E-state index contributed by atoms with van der Waals surface area (Å²) in [6, 6.07) is 14.0. The van der Waals surface area contributed by atoms with Crippen molar-refractivity contribution in [3.8, 4) is 5.69 Å². The molecule has 7 nitrogen and oxygen atoms in total. The Bertz CT molecular complexity index is 1300. The molecular formula is C22H18ClFN6O. The fraction of sp³-hybridized carbons (Fsp3) is 0.182. The summed E-state index contributed by atoms with van der Waals surface area (Å²) in [5, 5.41) is 4.86. The maximum Gasteiger partial charge on any atom is 0.292 e. The number of para-hydroxylation sites is 1. The van der Waals surface area contributed by atoms with Crippen molar-refractivity contribution in [1.29, 1.82) is 0 Å². The number of benzene rings is 2. The van der Waals surface area contributed by atoms with Gasteiger partial charge in [0.15, 0.2) is 0 Å². The number of piperazine rings is 1. The molecule has 1 aliphatic rings. The first-order valence-electron chi connectivity index (χ1n) is 9.86. The normalized spacial score (nSPS) is 14.3. The molecule has 0 saturated carbocycles. The number of nitrogens with zero attached hydrogens (tertiary/aromatic N) is 6. The number of fused-ring (bicyclic) bond motifs is 1. The number of hydrogen-bond acceptors (Lipinski definition) is 6. The molecular weight excluding hydrogens is 419 g/mol. The van der Waals surface area contributed by atoms with Crippen LogP contribution in [0.4, 0.5) is 15.9 Å². The number of halogens is 2. The van der Waals surface area contributed by atoms with E-state index in [0.29, 0.717) is 54.3 Å². The van der Waals surface area contributed by atoms with Gasteiger partial charge in [0, 0.05) is 26.2 Å². The van der Waals surface area contributed by atoms with Gasteiger partial charge in [0.2, 0.25) is 0 Å². The quantitative estimate of drug-likeness (QED) is 0.491. The first-order chi connectivity index (χ1) is 15.1. The Morgan fingerprint density at radius 3 is 2.42 bits per heavy atom. The van der Waals surface area contributed by atoms with Gasteiger partial charge in [-0.2, -0.15) is 9.78 Å². The molecule has 0 amide bonds.